The Morgan fingerprint density at radius 2 is 1.67 bits per heavy atom. The van der Waals surface area contributed by atoms with E-state index in [0.717, 1.165) is 10.2 Å². The zero-order valence-electron chi connectivity index (χ0n) is 9.84. The molecule has 0 aliphatic heterocycles. The Labute approximate surface area is 115 Å². The maximum Gasteiger partial charge on any atom is 0.338 e. The van der Waals surface area contributed by atoms with Gasteiger partial charge in [0.2, 0.25) is 0 Å². The Kier molecular flexibility index (Phi) is 4.10. The molecule has 0 unspecified atom stereocenters. The summed E-state index contributed by atoms with van der Waals surface area (Å²) in [4.78, 5) is 0. The maximum atomic E-state index is 12.4. The third-order valence-corrected chi connectivity index (χ3v) is 4.12. The molecule has 5 heteroatoms. The van der Waals surface area contributed by atoms with Gasteiger partial charge < -0.3 is 9.61 Å². The molecule has 0 saturated heterocycles. The maximum absolute atomic E-state index is 12.4. The highest BCUT2D eigenvalue weighted by Gasteiger charge is 2.18. The molecule has 1 N–H and O–H groups in total. The standard InChI is InChI=1S/C13H13BrNO2P/c1-18(16,17-11-7-3-2-4-8-11)15-13-10-6-5-9-12(13)14/h2-10H,1H3,(H,15,16)/t18-/m1/s1. The molecule has 2 rings (SSSR count). The summed E-state index contributed by atoms with van der Waals surface area (Å²) < 4.78 is 18.7. The van der Waals surface area contributed by atoms with Gasteiger partial charge in [-0.2, -0.15) is 0 Å². The molecular formula is C13H13BrNO2P. The zero-order valence-corrected chi connectivity index (χ0v) is 12.3. The number of para-hydroxylation sites is 2. The lowest BCUT2D eigenvalue weighted by Crippen LogP contribution is -2.02. The molecule has 0 aliphatic carbocycles. The monoisotopic (exact) mass is 325 g/mol. The Balaban J connectivity index is 2.13. The lowest BCUT2D eigenvalue weighted by atomic mass is 10.3. The predicted molar refractivity (Wildman–Crippen MR) is 78.4 cm³/mol. The van der Waals surface area contributed by atoms with E-state index in [1.165, 1.54) is 0 Å². The van der Waals surface area contributed by atoms with E-state index in [4.69, 9.17) is 4.52 Å². The van der Waals surface area contributed by atoms with Gasteiger partial charge >= 0.3 is 7.52 Å². The predicted octanol–water partition coefficient (Wildman–Crippen LogP) is 4.76. The van der Waals surface area contributed by atoms with Crippen molar-refractivity contribution in [1.82, 2.24) is 0 Å². The van der Waals surface area contributed by atoms with Crippen LogP contribution in [0.1, 0.15) is 0 Å². The number of hydrogen-bond acceptors (Lipinski definition) is 2. The number of halogens is 1. The summed E-state index contributed by atoms with van der Waals surface area (Å²) in [6.45, 7) is 1.56. The van der Waals surface area contributed by atoms with E-state index in [2.05, 4.69) is 21.0 Å². The van der Waals surface area contributed by atoms with Crippen LogP contribution in [0.25, 0.3) is 0 Å². The second kappa shape index (κ2) is 5.59. The summed E-state index contributed by atoms with van der Waals surface area (Å²) in [7, 11) is -2.94. The molecule has 2 aromatic rings. The average molecular weight is 326 g/mol. The summed E-state index contributed by atoms with van der Waals surface area (Å²) in [5.41, 5.74) is 0.749. The Morgan fingerprint density at radius 3 is 2.33 bits per heavy atom. The number of nitrogens with one attached hydrogen (secondary N) is 1. The fraction of sp³-hybridized carbons (Fsp3) is 0.0769. The van der Waals surface area contributed by atoms with E-state index in [-0.39, 0.29) is 0 Å². The molecule has 18 heavy (non-hydrogen) atoms. The zero-order chi connectivity index (χ0) is 13.0. The summed E-state index contributed by atoms with van der Waals surface area (Å²) in [5.74, 6) is 0.586. The van der Waals surface area contributed by atoms with Gasteiger partial charge in [0, 0.05) is 11.1 Å². The van der Waals surface area contributed by atoms with Gasteiger partial charge in [-0.25, -0.2) is 0 Å². The first-order chi connectivity index (χ1) is 8.57. The van der Waals surface area contributed by atoms with E-state index < -0.39 is 7.52 Å². The van der Waals surface area contributed by atoms with Crippen molar-refractivity contribution in [2.75, 3.05) is 11.8 Å². The molecule has 3 nitrogen and oxygen atoms in total. The van der Waals surface area contributed by atoms with Crippen molar-refractivity contribution in [2.24, 2.45) is 0 Å². The van der Waals surface area contributed by atoms with Crippen LogP contribution in [0.4, 0.5) is 5.69 Å². The minimum atomic E-state index is -2.94. The van der Waals surface area contributed by atoms with Crippen LogP contribution in [-0.2, 0) is 4.57 Å². The number of benzene rings is 2. The summed E-state index contributed by atoms with van der Waals surface area (Å²) in [6.07, 6.45) is 0. The van der Waals surface area contributed by atoms with Crippen molar-refractivity contribution in [3.63, 3.8) is 0 Å². The first-order valence-corrected chi connectivity index (χ1v) is 8.28. The normalized spacial score (nSPS) is 13.7. The minimum absolute atomic E-state index is 0.586. The van der Waals surface area contributed by atoms with E-state index in [1.54, 1.807) is 18.8 Å². The van der Waals surface area contributed by atoms with Gasteiger partial charge in [0.05, 0.1) is 5.69 Å². The molecular weight excluding hydrogens is 313 g/mol. The molecule has 1 atom stereocenters. The molecule has 0 spiro atoms. The molecule has 0 aliphatic rings. The van der Waals surface area contributed by atoms with Crippen molar-refractivity contribution in [3.05, 3.63) is 59.1 Å². The Morgan fingerprint density at radius 1 is 1.06 bits per heavy atom. The van der Waals surface area contributed by atoms with Crippen molar-refractivity contribution in [3.8, 4) is 5.75 Å². The van der Waals surface area contributed by atoms with Crippen LogP contribution in [0.3, 0.4) is 0 Å². The van der Waals surface area contributed by atoms with Gasteiger partial charge in [-0.15, -0.1) is 0 Å². The van der Waals surface area contributed by atoms with Crippen molar-refractivity contribution in [1.29, 1.82) is 0 Å². The molecule has 0 radical (unpaired) electrons. The van der Waals surface area contributed by atoms with Gasteiger partial charge in [-0.1, -0.05) is 30.3 Å². The van der Waals surface area contributed by atoms with E-state index >= 15 is 0 Å². The second-order valence-corrected chi connectivity index (χ2v) is 6.79. The van der Waals surface area contributed by atoms with Crippen LogP contribution in [-0.4, -0.2) is 6.66 Å². The number of hydrogen-bond donors (Lipinski definition) is 1. The van der Waals surface area contributed by atoms with Crippen LogP contribution in [0, 0.1) is 0 Å². The van der Waals surface area contributed by atoms with E-state index in [0.29, 0.717) is 5.75 Å². The van der Waals surface area contributed by atoms with Crippen LogP contribution in [0.2, 0.25) is 0 Å². The minimum Gasteiger partial charge on any atom is -0.429 e. The fourth-order valence-electron chi connectivity index (χ4n) is 1.48. The molecule has 0 amide bonds. The average Bonchev–Trinajstić information content (AvgIpc) is 2.32. The molecule has 0 heterocycles. The van der Waals surface area contributed by atoms with Crippen LogP contribution >= 0.6 is 23.4 Å². The largest absolute Gasteiger partial charge is 0.429 e. The van der Waals surface area contributed by atoms with E-state index in [9.17, 15) is 4.57 Å². The van der Waals surface area contributed by atoms with Crippen molar-refractivity contribution >= 4 is 29.1 Å². The van der Waals surface area contributed by atoms with Crippen molar-refractivity contribution < 1.29 is 9.09 Å². The molecule has 0 aromatic heterocycles. The third kappa shape index (κ3) is 3.62. The van der Waals surface area contributed by atoms with Gasteiger partial charge in [0.1, 0.15) is 5.75 Å². The topological polar surface area (TPSA) is 38.3 Å². The van der Waals surface area contributed by atoms with Crippen LogP contribution in [0.15, 0.2) is 59.1 Å². The quantitative estimate of drug-likeness (QED) is 0.823. The summed E-state index contributed by atoms with van der Waals surface area (Å²) >= 11 is 3.40. The van der Waals surface area contributed by atoms with Crippen LogP contribution in [0.5, 0.6) is 5.75 Å². The molecule has 94 valence electrons. The first-order valence-electron chi connectivity index (χ1n) is 5.42. The highest BCUT2D eigenvalue weighted by atomic mass is 79.9. The molecule has 0 saturated carbocycles. The number of rotatable bonds is 4. The smallest absolute Gasteiger partial charge is 0.338 e. The van der Waals surface area contributed by atoms with Gasteiger partial charge in [-0.3, -0.25) is 4.57 Å². The Bertz CT molecular complexity index is 574. The van der Waals surface area contributed by atoms with Gasteiger partial charge in [0.25, 0.3) is 0 Å². The SMILES string of the molecule is C[P@](=O)(Nc1ccccc1Br)Oc1ccccc1. The lowest BCUT2D eigenvalue weighted by Gasteiger charge is -2.18. The molecule has 0 fully saturated rings. The lowest BCUT2D eigenvalue weighted by molar-refractivity contribution is 0.493. The van der Waals surface area contributed by atoms with Gasteiger partial charge in [0.15, 0.2) is 0 Å². The molecule has 2 aromatic carbocycles. The summed E-state index contributed by atoms with van der Waals surface area (Å²) in [6, 6.07) is 16.6. The highest BCUT2D eigenvalue weighted by molar-refractivity contribution is 9.10. The number of anilines is 1. The Hall–Kier alpha value is -1.25. The van der Waals surface area contributed by atoms with Crippen molar-refractivity contribution in [2.45, 2.75) is 0 Å². The first kappa shape index (κ1) is 13.2. The van der Waals surface area contributed by atoms with Gasteiger partial charge in [-0.05, 0) is 40.2 Å². The second-order valence-electron chi connectivity index (χ2n) is 3.84. The molecule has 0 bridgehead atoms. The highest BCUT2D eigenvalue weighted by Crippen LogP contribution is 2.44. The van der Waals surface area contributed by atoms with Crippen LogP contribution < -0.4 is 9.61 Å². The fourth-order valence-corrected chi connectivity index (χ4v) is 3.22. The summed E-state index contributed by atoms with van der Waals surface area (Å²) in [5, 5.41) is 2.92. The van der Waals surface area contributed by atoms with E-state index in [1.807, 2.05) is 42.5 Å². The third-order valence-electron chi connectivity index (χ3n) is 2.22.